The van der Waals surface area contributed by atoms with Crippen molar-refractivity contribution in [1.82, 2.24) is 10.3 Å². The fourth-order valence-electron chi connectivity index (χ4n) is 2.80. The highest BCUT2D eigenvalue weighted by Gasteiger charge is 2.25. The van der Waals surface area contributed by atoms with Gasteiger partial charge in [-0.05, 0) is 17.5 Å². The average molecular weight is 214 g/mol. The predicted octanol–water partition coefficient (Wildman–Crippen LogP) is 3.01. The van der Waals surface area contributed by atoms with Crippen LogP contribution in [0.5, 0.6) is 0 Å². The summed E-state index contributed by atoms with van der Waals surface area (Å²) in [5.41, 5.74) is 4.21. The van der Waals surface area contributed by atoms with Gasteiger partial charge in [-0.2, -0.15) is 0 Å². The summed E-state index contributed by atoms with van der Waals surface area (Å²) >= 11 is 0. The Balaban J connectivity index is 2.24. The first-order chi connectivity index (χ1) is 7.77. The molecule has 1 aliphatic rings. The third kappa shape index (κ3) is 1.37. The molecule has 16 heavy (non-hydrogen) atoms. The first kappa shape index (κ1) is 9.91. The van der Waals surface area contributed by atoms with Crippen LogP contribution < -0.4 is 5.32 Å². The van der Waals surface area contributed by atoms with E-state index in [1.165, 1.54) is 22.2 Å². The number of para-hydroxylation sites is 1. The van der Waals surface area contributed by atoms with Crippen LogP contribution in [0, 0.1) is 5.92 Å². The van der Waals surface area contributed by atoms with Gasteiger partial charge < -0.3 is 10.3 Å². The Labute approximate surface area is 96.1 Å². The molecule has 2 aromatic rings. The molecule has 0 amide bonds. The second-order valence-corrected chi connectivity index (χ2v) is 4.99. The Bertz CT molecular complexity index is 510. The number of aromatic amines is 1. The predicted molar refractivity (Wildman–Crippen MR) is 67.6 cm³/mol. The van der Waals surface area contributed by atoms with Crippen molar-refractivity contribution in [2.45, 2.75) is 26.3 Å². The van der Waals surface area contributed by atoms with Crippen LogP contribution in [0.1, 0.15) is 31.1 Å². The van der Waals surface area contributed by atoms with Gasteiger partial charge in [0, 0.05) is 35.6 Å². The topological polar surface area (TPSA) is 27.8 Å². The van der Waals surface area contributed by atoms with Crippen LogP contribution in [-0.2, 0) is 6.42 Å². The fourth-order valence-corrected chi connectivity index (χ4v) is 2.80. The summed E-state index contributed by atoms with van der Waals surface area (Å²) < 4.78 is 0. The van der Waals surface area contributed by atoms with E-state index in [1.807, 2.05) is 0 Å². The summed E-state index contributed by atoms with van der Waals surface area (Å²) in [5.74, 6) is 0.637. The molecule has 2 N–H and O–H groups in total. The Hall–Kier alpha value is -1.28. The Morgan fingerprint density at radius 3 is 2.88 bits per heavy atom. The molecule has 0 radical (unpaired) electrons. The van der Waals surface area contributed by atoms with Gasteiger partial charge in [-0.3, -0.25) is 0 Å². The molecule has 3 rings (SSSR count). The molecule has 0 saturated carbocycles. The van der Waals surface area contributed by atoms with Gasteiger partial charge in [0.05, 0.1) is 0 Å². The van der Waals surface area contributed by atoms with E-state index >= 15 is 0 Å². The van der Waals surface area contributed by atoms with Crippen LogP contribution in [0.4, 0.5) is 0 Å². The molecule has 2 heterocycles. The van der Waals surface area contributed by atoms with Crippen LogP contribution in [-0.4, -0.2) is 11.5 Å². The lowest BCUT2D eigenvalue weighted by atomic mass is 9.90. The number of rotatable bonds is 1. The normalized spacial score (nSPS) is 20.3. The number of hydrogen-bond donors (Lipinski definition) is 2. The number of H-pyrrole nitrogens is 1. The third-order valence-electron chi connectivity index (χ3n) is 3.54. The number of nitrogens with one attached hydrogen (secondary N) is 2. The van der Waals surface area contributed by atoms with Crippen LogP contribution >= 0.6 is 0 Å². The molecule has 2 heteroatoms. The molecule has 0 spiro atoms. The number of hydrogen-bond acceptors (Lipinski definition) is 1. The molecule has 0 aliphatic carbocycles. The summed E-state index contributed by atoms with van der Waals surface area (Å²) in [4.78, 5) is 3.56. The Morgan fingerprint density at radius 1 is 1.25 bits per heavy atom. The molecule has 1 aliphatic heterocycles. The van der Waals surface area contributed by atoms with Gasteiger partial charge in [0.2, 0.25) is 0 Å². The van der Waals surface area contributed by atoms with Gasteiger partial charge in [-0.25, -0.2) is 0 Å². The largest absolute Gasteiger partial charge is 0.358 e. The number of benzene rings is 1. The van der Waals surface area contributed by atoms with Gasteiger partial charge in [0.25, 0.3) is 0 Å². The van der Waals surface area contributed by atoms with Crippen LogP contribution in [0.25, 0.3) is 10.9 Å². The number of fused-ring (bicyclic) bond motifs is 3. The Morgan fingerprint density at radius 2 is 2.06 bits per heavy atom. The van der Waals surface area contributed by atoms with Gasteiger partial charge in [-0.1, -0.05) is 32.0 Å². The van der Waals surface area contributed by atoms with Crippen LogP contribution in [0.2, 0.25) is 0 Å². The zero-order valence-electron chi connectivity index (χ0n) is 9.88. The molecular formula is C14H18N2. The molecule has 0 bridgehead atoms. The minimum Gasteiger partial charge on any atom is -0.358 e. The monoisotopic (exact) mass is 214 g/mol. The maximum absolute atomic E-state index is 3.63. The maximum atomic E-state index is 3.63. The van der Waals surface area contributed by atoms with E-state index in [0.29, 0.717) is 12.0 Å². The zero-order valence-corrected chi connectivity index (χ0v) is 9.88. The van der Waals surface area contributed by atoms with Crippen molar-refractivity contribution in [2.24, 2.45) is 5.92 Å². The molecular weight excluding hydrogens is 196 g/mol. The summed E-state index contributed by atoms with van der Waals surface area (Å²) in [6.45, 7) is 5.66. The molecule has 1 aromatic heterocycles. The van der Waals surface area contributed by atoms with E-state index in [4.69, 9.17) is 0 Å². The molecule has 1 atom stereocenters. The van der Waals surface area contributed by atoms with E-state index in [9.17, 15) is 0 Å². The second-order valence-electron chi connectivity index (χ2n) is 4.99. The van der Waals surface area contributed by atoms with E-state index in [-0.39, 0.29) is 0 Å². The number of aromatic nitrogens is 1. The van der Waals surface area contributed by atoms with Gasteiger partial charge in [0.15, 0.2) is 0 Å². The lowest BCUT2D eigenvalue weighted by Crippen LogP contribution is -2.32. The van der Waals surface area contributed by atoms with Crippen LogP contribution in [0.15, 0.2) is 24.3 Å². The van der Waals surface area contributed by atoms with Gasteiger partial charge >= 0.3 is 0 Å². The fraction of sp³-hybridized carbons (Fsp3) is 0.429. The first-order valence-corrected chi connectivity index (χ1v) is 6.10. The Kier molecular flexibility index (Phi) is 2.25. The highest BCUT2D eigenvalue weighted by Crippen LogP contribution is 2.34. The highest BCUT2D eigenvalue weighted by atomic mass is 14.9. The molecule has 1 aromatic carbocycles. The first-order valence-electron chi connectivity index (χ1n) is 6.10. The lowest BCUT2D eigenvalue weighted by Gasteiger charge is -2.27. The van der Waals surface area contributed by atoms with E-state index < -0.39 is 0 Å². The molecule has 0 fully saturated rings. The van der Waals surface area contributed by atoms with E-state index in [1.54, 1.807) is 0 Å². The van der Waals surface area contributed by atoms with Crippen molar-refractivity contribution in [2.75, 3.05) is 6.54 Å². The van der Waals surface area contributed by atoms with Gasteiger partial charge in [-0.15, -0.1) is 0 Å². The highest BCUT2D eigenvalue weighted by molar-refractivity contribution is 5.85. The minimum atomic E-state index is 0.500. The average Bonchev–Trinajstić information content (AvgIpc) is 2.66. The molecule has 2 nitrogen and oxygen atoms in total. The zero-order chi connectivity index (χ0) is 11.1. The molecule has 84 valence electrons. The van der Waals surface area contributed by atoms with Crippen LogP contribution in [0.3, 0.4) is 0 Å². The van der Waals surface area contributed by atoms with Gasteiger partial charge in [0.1, 0.15) is 0 Å². The van der Waals surface area contributed by atoms with E-state index in [2.05, 4.69) is 48.4 Å². The molecule has 0 saturated heterocycles. The van der Waals surface area contributed by atoms with Crippen molar-refractivity contribution < 1.29 is 0 Å². The molecule has 0 unspecified atom stereocenters. The summed E-state index contributed by atoms with van der Waals surface area (Å²) in [7, 11) is 0. The minimum absolute atomic E-state index is 0.500. The summed E-state index contributed by atoms with van der Waals surface area (Å²) in [6.07, 6.45) is 1.12. The maximum Gasteiger partial charge on any atom is 0.0459 e. The van der Waals surface area contributed by atoms with E-state index in [0.717, 1.165) is 13.0 Å². The summed E-state index contributed by atoms with van der Waals surface area (Å²) in [6, 6.07) is 9.13. The van der Waals surface area contributed by atoms with Crippen molar-refractivity contribution in [1.29, 1.82) is 0 Å². The lowest BCUT2D eigenvalue weighted by molar-refractivity contribution is 0.396. The standard InChI is InChI=1S/C14H18N2/c1-9(2)14-13-10-5-3-4-6-11(10)16-12(13)7-8-15-14/h3-6,9,14-16H,7-8H2,1-2H3/t14-/m1/s1. The quantitative estimate of drug-likeness (QED) is 0.750. The summed E-state index contributed by atoms with van der Waals surface area (Å²) in [5, 5.41) is 5.03. The smallest absolute Gasteiger partial charge is 0.0459 e. The van der Waals surface area contributed by atoms with Crippen molar-refractivity contribution in [3.63, 3.8) is 0 Å². The van der Waals surface area contributed by atoms with Crippen molar-refractivity contribution in [3.05, 3.63) is 35.5 Å². The third-order valence-corrected chi connectivity index (χ3v) is 3.54. The van der Waals surface area contributed by atoms with Crippen molar-refractivity contribution >= 4 is 10.9 Å². The second kappa shape index (κ2) is 3.63. The van der Waals surface area contributed by atoms with Crippen molar-refractivity contribution in [3.8, 4) is 0 Å². The SMILES string of the molecule is CC(C)[C@H]1NCCc2[nH]c3ccccc3c21.